The van der Waals surface area contributed by atoms with Crippen molar-refractivity contribution in [3.8, 4) is 0 Å². The van der Waals surface area contributed by atoms with Gasteiger partial charge in [0.05, 0.1) is 12.9 Å². The number of rotatable bonds is 6. The van der Waals surface area contributed by atoms with E-state index in [0.717, 1.165) is 4.86 Å². The molecule has 0 aliphatic carbocycles. The van der Waals surface area contributed by atoms with Crippen molar-refractivity contribution in [3.63, 3.8) is 0 Å². The van der Waals surface area contributed by atoms with Crippen molar-refractivity contribution in [3.05, 3.63) is 12.7 Å². The number of hydrogen-bond acceptors (Lipinski definition) is 11. The van der Waals surface area contributed by atoms with Gasteiger partial charge in [0.25, 0.3) is 0 Å². The van der Waals surface area contributed by atoms with Crippen molar-refractivity contribution in [2.75, 3.05) is 12.3 Å². The standard InChI is InChI=1S/C10H14N5O7P.H5NO6P2/c11-8-5-9(13-2-12-8)15(3-14-5)10-7(17)6(16)4(22-10)1-21-23(18,19)20;2-8(3,4)1-9(5,6)7/h2-4,6-7,10,16-17H,1H2,(H2,11,12,13)(H2,18,19,20);(H5,1,2,3,4,5,6,7)/t4-,6-,7-,10-;/m1./s1. The molecule has 1 saturated heterocycles. The Morgan fingerprint density at radius 3 is 2.12 bits per heavy atom. The van der Waals surface area contributed by atoms with Crippen molar-refractivity contribution in [2.24, 2.45) is 0 Å². The smallest absolute Gasteiger partial charge is 0.387 e. The van der Waals surface area contributed by atoms with E-state index in [1.807, 2.05) is 0 Å². The number of phosphoric ester groups is 1. The van der Waals surface area contributed by atoms with Gasteiger partial charge in [0.2, 0.25) is 0 Å². The first-order valence-electron chi connectivity index (χ1n) is 8.04. The number of aromatic nitrogens is 4. The summed E-state index contributed by atoms with van der Waals surface area (Å²) in [5.41, 5.74) is 6.25. The average Bonchev–Trinajstić information content (AvgIpc) is 3.13. The Bertz CT molecular complexity index is 1060. The topological polar surface area (TPSA) is 313 Å². The van der Waals surface area contributed by atoms with Crippen LogP contribution >= 0.6 is 23.3 Å². The van der Waals surface area contributed by atoms with Crippen molar-refractivity contribution in [1.82, 2.24) is 24.4 Å². The molecule has 22 heteroatoms. The minimum atomic E-state index is -4.80. The Labute approximate surface area is 177 Å². The van der Waals surface area contributed by atoms with E-state index in [2.05, 4.69) is 19.5 Å². The molecule has 3 rings (SSSR count). The van der Waals surface area contributed by atoms with Crippen LogP contribution in [0.3, 0.4) is 0 Å². The highest BCUT2D eigenvalue weighted by Gasteiger charge is 2.45. The summed E-state index contributed by atoms with van der Waals surface area (Å²) in [6.07, 6.45) is -2.49. The number of phosphoric acid groups is 1. The molecule has 0 bridgehead atoms. The van der Waals surface area contributed by atoms with Gasteiger partial charge < -0.3 is 50.0 Å². The lowest BCUT2D eigenvalue weighted by Crippen LogP contribution is -2.33. The molecule has 19 nitrogen and oxygen atoms in total. The van der Waals surface area contributed by atoms with Gasteiger partial charge in [-0.3, -0.25) is 9.09 Å². The fraction of sp³-hybridized carbons (Fsp3) is 0.500. The number of nitrogen functional groups attached to an aromatic ring is 1. The third-order valence-corrected chi connectivity index (χ3v) is 6.24. The lowest BCUT2D eigenvalue weighted by molar-refractivity contribution is -0.0504. The van der Waals surface area contributed by atoms with Crippen LogP contribution in [0.5, 0.6) is 0 Å². The number of nitrogens with zero attached hydrogens (tertiary/aromatic N) is 4. The molecule has 11 N–H and O–H groups in total. The third kappa shape index (κ3) is 7.58. The van der Waals surface area contributed by atoms with E-state index in [-0.39, 0.29) is 11.5 Å². The van der Waals surface area contributed by atoms with Crippen LogP contribution in [-0.4, -0.2) is 84.0 Å². The molecule has 1 aliphatic heterocycles. The number of aliphatic hydroxyl groups is 2. The first-order chi connectivity index (χ1) is 14.5. The monoisotopic (exact) mass is 524 g/mol. The molecule has 1 fully saturated rings. The Morgan fingerprint density at radius 1 is 1.03 bits per heavy atom. The number of fused-ring (bicyclic) bond motifs is 1. The summed E-state index contributed by atoms with van der Waals surface area (Å²) in [4.78, 5) is 61.4. The summed E-state index contributed by atoms with van der Waals surface area (Å²) >= 11 is 0. The molecule has 1 aliphatic rings. The van der Waals surface area contributed by atoms with Gasteiger partial charge in [0, 0.05) is 0 Å². The van der Waals surface area contributed by atoms with Crippen molar-refractivity contribution < 1.29 is 62.5 Å². The highest BCUT2D eigenvalue weighted by Crippen LogP contribution is 2.44. The number of nitrogens with two attached hydrogens (primary N) is 1. The Hall–Kier alpha value is -1.40. The van der Waals surface area contributed by atoms with E-state index in [1.54, 1.807) is 0 Å². The molecule has 4 atom stereocenters. The summed E-state index contributed by atoms with van der Waals surface area (Å²) in [7, 11) is -14.3. The lowest BCUT2D eigenvalue weighted by Gasteiger charge is -2.16. The molecule has 182 valence electrons. The Balaban J connectivity index is 0.000000344. The third-order valence-electron chi connectivity index (χ3n) is 3.67. The maximum absolute atomic E-state index is 10.7. The van der Waals surface area contributed by atoms with Gasteiger partial charge in [-0.2, -0.15) is 0 Å². The van der Waals surface area contributed by atoms with E-state index in [9.17, 15) is 23.9 Å². The van der Waals surface area contributed by atoms with Gasteiger partial charge in [-0.1, -0.05) is 0 Å². The van der Waals surface area contributed by atoms with Crippen LogP contribution in [-0.2, 0) is 23.0 Å². The van der Waals surface area contributed by atoms with E-state index in [1.165, 1.54) is 17.2 Å². The van der Waals surface area contributed by atoms with Crippen molar-refractivity contribution >= 4 is 40.3 Å². The second kappa shape index (κ2) is 9.84. The van der Waals surface area contributed by atoms with E-state index in [0.29, 0.717) is 5.52 Å². The van der Waals surface area contributed by atoms with Gasteiger partial charge in [-0.25, -0.2) is 28.6 Å². The molecule has 0 unspecified atom stereocenters. The van der Waals surface area contributed by atoms with Crippen molar-refractivity contribution in [2.45, 2.75) is 24.5 Å². The predicted octanol–water partition coefficient (Wildman–Crippen LogP) is -3.10. The number of anilines is 1. The zero-order valence-corrected chi connectivity index (χ0v) is 18.2. The van der Waals surface area contributed by atoms with Crippen LogP contribution in [0, 0.1) is 0 Å². The second-order valence-corrected chi connectivity index (χ2v) is 10.3. The molecule has 0 saturated carbocycles. The van der Waals surface area contributed by atoms with Crippen LogP contribution in [0.15, 0.2) is 12.7 Å². The predicted molar refractivity (Wildman–Crippen MR) is 101 cm³/mol. The second-order valence-electron chi connectivity index (χ2n) is 6.10. The molecular formula is C10H19N6O13P3. The summed E-state index contributed by atoms with van der Waals surface area (Å²) in [5.74, 6) is 0.142. The summed E-state index contributed by atoms with van der Waals surface area (Å²) < 4.78 is 41.3. The van der Waals surface area contributed by atoms with Crippen LogP contribution < -0.4 is 10.6 Å². The van der Waals surface area contributed by atoms with E-state index < -0.39 is 54.5 Å². The van der Waals surface area contributed by atoms with Gasteiger partial charge in [-0.05, 0) is 0 Å². The van der Waals surface area contributed by atoms with E-state index in [4.69, 9.17) is 39.8 Å². The molecular weight excluding hydrogens is 505 g/mol. The molecule has 3 heterocycles. The zero-order valence-electron chi connectivity index (χ0n) is 15.5. The maximum Gasteiger partial charge on any atom is 0.469 e. The molecule has 2 aromatic heterocycles. The number of hydrogen-bond donors (Lipinski definition) is 10. The quantitative estimate of drug-likeness (QED) is 0.167. The summed E-state index contributed by atoms with van der Waals surface area (Å²) in [6.45, 7) is -0.594. The van der Waals surface area contributed by atoms with Gasteiger partial charge in [0.1, 0.15) is 30.2 Å². The number of aliphatic hydroxyl groups excluding tert-OH is 2. The summed E-state index contributed by atoms with van der Waals surface area (Å²) in [6, 6.07) is 0. The molecule has 0 amide bonds. The highest BCUT2D eigenvalue weighted by molar-refractivity contribution is 7.65. The zero-order chi connectivity index (χ0) is 24.5. The minimum Gasteiger partial charge on any atom is -0.387 e. The van der Waals surface area contributed by atoms with Gasteiger partial charge >= 0.3 is 23.3 Å². The normalized spacial score (nSPS) is 24.4. The van der Waals surface area contributed by atoms with Crippen LogP contribution in [0.1, 0.15) is 6.23 Å². The molecule has 0 radical (unpaired) electrons. The Kier molecular flexibility index (Phi) is 8.26. The Morgan fingerprint density at radius 2 is 1.62 bits per heavy atom. The molecule has 32 heavy (non-hydrogen) atoms. The van der Waals surface area contributed by atoms with Crippen LogP contribution in [0.2, 0.25) is 0 Å². The fourth-order valence-corrected chi connectivity index (χ4v) is 4.19. The molecule has 0 spiro atoms. The minimum absolute atomic E-state index is 0.142. The van der Waals surface area contributed by atoms with Gasteiger partial charge in [0.15, 0.2) is 17.7 Å². The van der Waals surface area contributed by atoms with E-state index >= 15 is 0 Å². The largest absolute Gasteiger partial charge is 0.469 e. The first kappa shape index (κ1) is 26.8. The highest BCUT2D eigenvalue weighted by atomic mass is 31.3. The maximum atomic E-state index is 10.7. The van der Waals surface area contributed by atoms with Crippen LogP contribution in [0.4, 0.5) is 5.82 Å². The molecule has 0 aromatic carbocycles. The number of ether oxygens (including phenoxy) is 1. The number of imidazole rings is 1. The first-order valence-corrected chi connectivity index (χ1v) is 12.8. The van der Waals surface area contributed by atoms with Gasteiger partial charge in [-0.15, -0.1) is 4.86 Å². The van der Waals surface area contributed by atoms with Crippen molar-refractivity contribution in [1.29, 1.82) is 0 Å². The molecule has 2 aromatic rings. The van der Waals surface area contributed by atoms with Crippen LogP contribution in [0.25, 0.3) is 11.2 Å². The summed E-state index contributed by atoms with van der Waals surface area (Å²) in [5, 5.41) is 20.1. The fourth-order valence-electron chi connectivity index (χ4n) is 2.49. The lowest BCUT2D eigenvalue weighted by atomic mass is 10.1. The SMILES string of the molecule is Nc1ncnc2c1ncn2[C@@H]1O[C@H](COP(=O)(O)O)[C@@H](O)[C@H]1O.O=P(O)(O)NP(=O)(O)O. The average molecular weight is 524 g/mol. The number of nitrogens with one attached hydrogen (secondary N) is 1.